The van der Waals surface area contributed by atoms with Crippen LogP contribution in [-0.2, 0) is 10.8 Å². The first-order valence-electron chi connectivity index (χ1n) is 22.2. The van der Waals surface area contributed by atoms with Crippen molar-refractivity contribution in [3.8, 4) is 0 Å². The zero-order valence-corrected chi connectivity index (χ0v) is 35.2. The highest BCUT2D eigenvalue weighted by Gasteiger charge is 2.46. The van der Waals surface area contributed by atoms with Crippen molar-refractivity contribution in [1.82, 2.24) is 0 Å². The van der Waals surface area contributed by atoms with Crippen LogP contribution in [0.1, 0.15) is 129 Å². The van der Waals surface area contributed by atoms with Crippen molar-refractivity contribution in [2.75, 3.05) is 18.0 Å². The summed E-state index contributed by atoms with van der Waals surface area (Å²) in [6.45, 7) is 11.9. The van der Waals surface area contributed by atoms with Crippen LogP contribution < -0.4 is 4.90 Å². The average Bonchev–Trinajstić information content (AvgIpc) is 3.77. The fraction of sp³-hybridized carbons (Fsp3) is 0.453. The molecule has 2 saturated carbocycles. The van der Waals surface area contributed by atoms with Crippen molar-refractivity contribution in [3.05, 3.63) is 130 Å². The summed E-state index contributed by atoms with van der Waals surface area (Å²) in [6, 6.07) is 27.4. The molecule has 56 heavy (non-hydrogen) atoms. The SMILES string of the molecule is CC1(C)C(/C=C/C2=C(Cl)C(=C/C=C3/N(CCC4CCCCC4)c4ccc5ccccc5c4C3(C)C)/CC2)=[N+](CCC2CCCCC2)c2ccc3ccccc3c21. The van der Waals surface area contributed by atoms with E-state index >= 15 is 0 Å². The Bertz CT molecular complexity index is 2300. The van der Waals surface area contributed by atoms with Crippen LogP contribution in [-0.4, -0.2) is 23.4 Å². The summed E-state index contributed by atoms with van der Waals surface area (Å²) >= 11 is 7.38. The predicted molar refractivity (Wildman–Crippen MR) is 241 cm³/mol. The molecule has 5 aliphatic rings. The number of rotatable bonds is 9. The van der Waals surface area contributed by atoms with Gasteiger partial charge in [-0.15, -0.1) is 0 Å². The maximum absolute atomic E-state index is 7.38. The summed E-state index contributed by atoms with van der Waals surface area (Å²) in [5.41, 5.74) is 10.9. The Kier molecular flexibility index (Phi) is 10.4. The van der Waals surface area contributed by atoms with E-state index in [-0.39, 0.29) is 10.8 Å². The van der Waals surface area contributed by atoms with E-state index in [2.05, 4.69) is 134 Å². The second-order valence-corrected chi connectivity index (χ2v) is 19.2. The molecule has 290 valence electrons. The lowest BCUT2D eigenvalue weighted by molar-refractivity contribution is -0.439. The second-order valence-electron chi connectivity index (χ2n) is 18.8. The first kappa shape index (κ1) is 37.7. The van der Waals surface area contributed by atoms with E-state index in [9.17, 15) is 0 Å². The molecule has 0 saturated heterocycles. The van der Waals surface area contributed by atoms with E-state index in [0.29, 0.717) is 0 Å². The molecule has 3 aliphatic carbocycles. The molecule has 0 radical (unpaired) electrons. The lowest BCUT2D eigenvalue weighted by atomic mass is 9.79. The van der Waals surface area contributed by atoms with Crippen LogP contribution in [0.2, 0.25) is 0 Å². The monoisotopic (exact) mass is 761 g/mol. The first-order chi connectivity index (χ1) is 27.2. The molecule has 0 N–H and O–H groups in total. The van der Waals surface area contributed by atoms with E-state index in [1.807, 2.05) is 0 Å². The third-order valence-electron chi connectivity index (χ3n) is 14.6. The second kappa shape index (κ2) is 15.5. The molecule has 2 heterocycles. The van der Waals surface area contributed by atoms with Crippen molar-refractivity contribution in [2.24, 2.45) is 11.8 Å². The molecule has 0 atom stereocenters. The highest BCUT2D eigenvalue weighted by atomic mass is 35.5. The number of fused-ring (bicyclic) bond motifs is 6. The van der Waals surface area contributed by atoms with Crippen molar-refractivity contribution in [2.45, 2.75) is 128 Å². The highest BCUT2D eigenvalue weighted by molar-refractivity contribution is 6.33. The fourth-order valence-corrected chi connectivity index (χ4v) is 11.8. The summed E-state index contributed by atoms with van der Waals surface area (Å²) in [5.74, 6) is 1.69. The number of hydrogen-bond acceptors (Lipinski definition) is 1. The van der Waals surface area contributed by atoms with Crippen LogP contribution >= 0.6 is 11.6 Å². The molecule has 4 aromatic rings. The average molecular weight is 763 g/mol. The van der Waals surface area contributed by atoms with Gasteiger partial charge in [-0.25, -0.2) is 0 Å². The van der Waals surface area contributed by atoms with Crippen LogP contribution in [0.15, 0.2) is 119 Å². The largest absolute Gasteiger partial charge is 0.344 e. The number of nitrogens with zero attached hydrogens (tertiary/aromatic N) is 2. The quantitative estimate of drug-likeness (QED) is 0.154. The van der Waals surface area contributed by atoms with E-state index in [1.165, 1.54) is 144 Å². The van der Waals surface area contributed by atoms with Gasteiger partial charge in [0, 0.05) is 52.5 Å². The summed E-state index contributed by atoms with van der Waals surface area (Å²) in [7, 11) is 0. The van der Waals surface area contributed by atoms with Crippen molar-refractivity contribution < 1.29 is 4.58 Å². The molecule has 4 aromatic carbocycles. The standard InChI is InChI=1S/C53H62ClN2/c1-52(2)47(55(35-33-37-15-7-5-8-16-37)45-29-25-39-19-11-13-21-43(39)49(45)52)31-27-41-23-24-42(51(41)54)28-32-48-53(3,4)50-44-22-14-12-20-40(44)26-30-46(50)56(48)36-34-38-17-9-6-10-18-38/h11-14,19-22,25-32,37-38H,5-10,15-18,23-24,33-36H2,1-4H3/q+1. The van der Waals surface area contributed by atoms with Gasteiger partial charge in [0.15, 0.2) is 5.71 Å². The van der Waals surface area contributed by atoms with Crippen molar-refractivity contribution in [1.29, 1.82) is 0 Å². The van der Waals surface area contributed by atoms with Crippen LogP contribution in [0.3, 0.4) is 0 Å². The van der Waals surface area contributed by atoms with Crippen molar-refractivity contribution >= 4 is 50.2 Å². The van der Waals surface area contributed by atoms with Gasteiger partial charge in [-0.1, -0.05) is 156 Å². The zero-order chi connectivity index (χ0) is 38.4. The van der Waals surface area contributed by atoms with Crippen LogP contribution in [0.5, 0.6) is 0 Å². The minimum Gasteiger partial charge on any atom is -0.344 e. The molecule has 0 bridgehead atoms. The summed E-state index contributed by atoms with van der Waals surface area (Å²) < 4.78 is 2.67. The highest BCUT2D eigenvalue weighted by Crippen LogP contribution is 2.52. The normalized spacial score (nSPS) is 22.8. The maximum Gasteiger partial charge on any atom is 0.210 e. The summed E-state index contributed by atoms with van der Waals surface area (Å²) in [5, 5.41) is 6.37. The number of benzene rings is 4. The molecule has 9 rings (SSSR count). The summed E-state index contributed by atoms with van der Waals surface area (Å²) in [6.07, 6.45) is 28.0. The Morgan fingerprint density at radius 1 is 0.661 bits per heavy atom. The summed E-state index contributed by atoms with van der Waals surface area (Å²) in [4.78, 5) is 2.67. The number of halogens is 1. The molecular formula is C53H62ClN2+. The van der Waals surface area contributed by atoms with Gasteiger partial charge >= 0.3 is 0 Å². The van der Waals surface area contributed by atoms with E-state index in [0.717, 1.165) is 42.8 Å². The van der Waals surface area contributed by atoms with Gasteiger partial charge in [0.1, 0.15) is 6.54 Å². The van der Waals surface area contributed by atoms with Crippen LogP contribution in [0.4, 0.5) is 11.4 Å². The van der Waals surface area contributed by atoms with Crippen LogP contribution in [0.25, 0.3) is 21.5 Å². The molecule has 0 amide bonds. The van der Waals surface area contributed by atoms with Gasteiger partial charge in [0.05, 0.1) is 5.41 Å². The van der Waals surface area contributed by atoms with E-state index < -0.39 is 0 Å². The van der Waals surface area contributed by atoms with Gasteiger partial charge in [0.2, 0.25) is 5.69 Å². The third kappa shape index (κ3) is 6.82. The van der Waals surface area contributed by atoms with Crippen molar-refractivity contribution in [3.63, 3.8) is 0 Å². The van der Waals surface area contributed by atoms with Gasteiger partial charge in [-0.05, 0) is 101 Å². The topological polar surface area (TPSA) is 6.25 Å². The minimum absolute atomic E-state index is 0.109. The molecule has 0 unspecified atom stereocenters. The molecule has 2 fully saturated rings. The molecular weight excluding hydrogens is 700 g/mol. The smallest absolute Gasteiger partial charge is 0.210 e. The Morgan fingerprint density at radius 3 is 1.98 bits per heavy atom. The number of anilines is 1. The fourth-order valence-electron chi connectivity index (χ4n) is 11.5. The number of hydrogen-bond donors (Lipinski definition) is 0. The minimum atomic E-state index is -0.109. The van der Waals surface area contributed by atoms with E-state index in [1.54, 1.807) is 0 Å². The van der Waals surface area contributed by atoms with Gasteiger partial charge in [0.25, 0.3) is 0 Å². The van der Waals surface area contributed by atoms with Gasteiger partial charge in [-0.2, -0.15) is 4.58 Å². The lowest BCUT2D eigenvalue weighted by Gasteiger charge is -2.29. The molecule has 2 aliphatic heterocycles. The molecule has 3 heteroatoms. The Labute approximate surface area is 341 Å². The van der Waals surface area contributed by atoms with E-state index in [4.69, 9.17) is 11.6 Å². The lowest BCUT2D eigenvalue weighted by Crippen LogP contribution is -2.28. The van der Waals surface area contributed by atoms with Crippen LogP contribution in [0, 0.1) is 11.8 Å². The van der Waals surface area contributed by atoms with Gasteiger partial charge < -0.3 is 4.90 Å². The molecule has 0 spiro atoms. The first-order valence-corrected chi connectivity index (χ1v) is 22.5. The predicted octanol–water partition coefficient (Wildman–Crippen LogP) is 14.8. The number of allylic oxidation sites excluding steroid dienone is 8. The maximum atomic E-state index is 7.38. The Morgan fingerprint density at radius 2 is 1.29 bits per heavy atom. The Hall–Kier alpha value is -3.88. The van der Waals surface area contributed by atoms with Gasteiger partial charge in [-0.3, -0.25) is 0 Å². The molecule has 0 aromatic heterocycles. The Balaban J connectivity index is 1.04. The zero-order valence-electron chi connectivity index (χ0n) is 34.5. The third-order valence-corrected chi connectivity index (χ3v) is 15.1. The molecule has 2 nitrogen and oxygen atoms in total.